The van der Waals surface area contributed by atoms with Gasteiger partial charge >= 0.3 is 6.09 Å². The van der Waals surface area contributed by atoms with Crippen LogP contribution in [0.2, 0.25) is 0 Å². The van der Waals surface area contributed by atoms with Crippen LogP contribution in [0.3, 0.4) is 0 Å². The molecule has 31 heavy (non-hydrogen) atoms. The number of methoxy groups -OCH3 is 1. The maximum absolute atomic E-state index is 11.4. The average molecular weight is 418 g/mol. The molecule has 0 aliphatic carbocycles. The quantitative estimate of drug-likeness (QED) is 0.514. The molecule has 1 heterocycles. The molecule has 2 N–H and O–H groups in total. The second-order valence-electron chi connectivity index (χ2n) is 7.51. The Morgan fingerprint density at radius 3 is 2.48 bits per heavy atom. The van der Waals surface area contributed by atoms with Gasteiger partial charge in [0, 0.05) is 13.1 Å². The van der Waals surface area contributed by atoms with Gasteiger partial charge in [-0.25, -0.2) is 4.79 Å². The molecule has 1 aliphatic heterocycles. The van der Waals surface area contributed by atoms with Crippen molar-refractivity contribution in [2.45, 2.75) is 18.9 Å². The Balaban J connectivity index is 1.59. The minimum atomic E-state index is -0.863. The number of rotatable bonds is 7. The van der Waals surface area contributed by atoms with Crippen molar-refractivity contribution in [3.05, 3.63) is 72.8 Å². The highest BCUT2D eigenvalue weighted by molar-refractivity contribution is 5.71. The predicted octanol–water partition coefficient (Wildman–Crippen LogP) is 5.71. The first-order valence-electron chi connectivity index (χ1n) is 10.4. The molecular formula is C25H26N2O4. The molecule has 4 rings (SSSR count). The Morgan fingerprint density at radius 1 is 1.03 bits per heavy atom. The fraction of sp³-hybridized carbons (Fsp3) is 0.240. The zero-order valence-electron chi connectivity index (χ0n) is 17.5. The maximum atomic E-state index is 11.4. The molecule has 6 heteroatoms. The van der Waals surface area contributed by atoms with E-state index in [2.05, 4.69) is 17.4 Å². The highest BCUT2D eigenvalue weighted by Crippen LogP contribution is 2.35. The molecule has 0 aromatic heterocycles. The van der Waals surface area contributed by atoms with Crippen LogP contribution in [0, 0.1) is 0 Å². The molecule has 160 valence electrons. The van der Waals surface area contributed by atoms with Crippen molar-refractivity contribution >= 4 is 11.8 Å². The SMILES string of the molecule is COc1ccc(Oc2cc(-c3ccccc3)ccc2NC[C@@H]2CCCN2C(=O)O)cc1. The number of hydrogen-bond donors (Lipinski definition) is 2. The summed E-state index contributed by atoms with van der Waals surface area (Å²) in [7, 11) is 1.63. The molecule has 0 saturated carbocycles. The van der Waals surface area contributed by atoms with Crippen LogP contribution < -0.4 is 14.8 Å². The molecule has 6 nitrogen and oxygen atoms in total. The van der Waals surface area contributed by atoms with Gasteiger partial charge in [0.25, 0.3) is 0 Å². The van der Waals surface area contributed by atoms with E-state index in [4.69, 9.17) is 9.47 Å². The van der Waals surface area contributed by atoms with Crippen LogP contribution in [0.4, 0.5) is 10.5 Å². The molecule has 0 radical (unpaired) electrons. The molecule has 1 atom stereocenters. The van der Waals surface area contributed by atoms with Crippen molar-refractivity contribution in [1.29, 1.82) is 0 Å². The lowest BCUT2D eigenvalue weighted by Gasteiger charge is -2.23. The van der Waals surface area contributed by atoms with Crippen molar-refractivity contribution in [2.75, 3.05) is 25.5 Å². The normalized spacial score (nSPS) is 15.5. The Kier molecular flexibility index (Phi) is 6.26. The average Bonchev–Trinajstić information content (AvgIpc) is 3.28. The van der Waals surface area contributed by atoms with Crippen LogP contribution in [0.25, 0.3) is 11.1 Å². The van der Waals surface area contributed by atoms with E-state index >= 15 is 0 Å². The number of likely N-dealkylation sites (tertiary alicyclic amines) is 1. The molecule has 1 saturated heterocycles. The van der Waals surface area contributed by atoms with Crippen molar-refractivity contribution in [3.8, 4) is 28.4 Å². The van der Waals surface area contributed by atoms with E-state index in [0.29, 0.717) is 24.6 Å². The summed E-state index contributed by atoms with van der Waals surface area (Å²) >= 11 is 0. The number of amides is 1. The van der Waals surface area contributed by atoms with E-state index in [1.165, 1.54) is 4.90 Å². The summed E-state index contributed by atoms with van der Waals surface area (Å²) in [6.45, 7) is 1.12. The van der Waals surface area contributed by atoms with E-state index in [-0.39, 0.29) is 6.04 Å². The first-order chi connectivity index (χ1) is 15.1. The second-order valence-corrected chi connectivity index (χ2v) is 7.51. The molecule has 1 amide bonds. The topological polar surface area (TPSA) is 71.0 Å². The third-order valence-corrected chi connectivity index (χ3v) is 5.53. The van der Waals surface area contributed by atoms with Crippen LogP contribution in [0.1, 0.15) is 12.8 Å². The lowest BCUT2D eigenvalue weighted by molar-refractivity contribution is 0.142. The van der Waals surface area contributed by atoms with Crippen molar-refractivity contribution < 1.29 is 19.4 Å². The minimum absolute atomic E-state index is 0.0415. The van der Waals surface area contributed by atoms with Gasteiger partial charge in [-0.1, -0.05) is 36.4 Å². The van der Waals surface area contributed by atoms with Gasteiger partial charge in [0.05, 0.1) is 18.8 Å². The number of anilines is 1. The van der Waals surface area contributed by atoms with E-state index in [1.54, 1.807) is 7.11 Å². The molecule has 1 fully saturated rings. The molecular weight excluding hydrogens is 392 g/mol. The monoisotopic (exact) mass is 418 g/mol. The van der Waals surface area contributed by atoms with Crippen molar-refractivity contribution in [3.63, 3.8) is 0 Å². The van der Waals surface area contributed by atoms with Gasteiger partial charge in [0.15, 0.2) is 5.75 Å². The first kappa shape index (κ1) is 20.6. The first-order valence-corrected chi connectivity index (χ1v) is 10.4. The van der Waals surface area contributed by atoms with Crippen LogP contribution in [0.15, 0.2) is 72.8 Å². The van der Waals surface area contributed by atoms with E-state index in [0.717, 1.165) is 35.4 Å². The van der Waals surface area contributed by atoms with Gasteiger partial charge in [0.2, 0.25) is 0 Å². The highest BCUT2D eigenvalue weighted by Gasteiger charge is 2.28. The fourth-order valence-electron chi connectivity index (χ4n) is 3.86. The Hall–Kier alpha value is -3.67. The van der Waals surface area contributed by atoms with Gasteiger partial charge in [-0.05, 0) is 60.4 Å². The van der Waals surface area contributed by atoms with E-state index in [9.17, 15) is 9.90 Å². The number of carbonyl (C=O) groups is 1. The zero-order valence-corrected chi connectivity index (χ0v) is 17.5. The summed E-state index contributed by atoms with van der Waals surface area (Å²) in [5.41, 5.74) is 2.97. The molecule has 0 spiro atoms. The van der Waals surface area contributed by atoms with Gasteiger partial charge in [-0.3, -0.25) is 0 Å². The minimum Gasteiger partial charge on any atom is -0.497 e. The second kappa shape index (κ2) is 9.43. The summed E-state index contributed by atoms with van der Waals surface area (Å²) in [4.78, 5) is 13.0. The third-order valence-electron chi connectivity index (χ3n) is 5.53. The van der Waals surface area contributed by atoms with Crippen LogP contribution in [-0.2, 0) is 0 Å². The smallest absolute Gasteiger partial charge is 0.407 e. The number of ether oxygens (including phenoxy) is 2. The zero-order chi connectivity index (χ0) is 21.6. The predicted molar refractivity (Wildman–Crippen MR) is 121 cm³/mol. The van der Waals surface area contributed by atoms with Crippen LogP contribution in [0.5, 0.6) is 17.2 Å². The Labute approximate surface area is 182 Å². The Bertz CT molecular complexity index is 1020. The number of nitrogens with one attached hydrogen (secondary N) is 1. The molecule has 3 aromatic carbocycles. The molecule has 3 aromatic rings. The fourth-order valence-corrected chi connectivity index (χ4v) is 3.86. The standard InChI is InChI=1S/C25H26N2O4/c1-30-21-10-12-22(13-11-21)31-24-16-19(18-6-3-2-4-7-18)9-14-23(24)26-17-20-8-5-15-27(20)25(28)29/h2-4,6-7,9-14,16,20,26H,5,8,15,17H2,1H3,(H,28,29)/t20-/m0/s1. The van der Waals surface area contributed by atoms with E-state index < -0.39 is 6.09 Å². The number of nitrogens with zero attached hydrogens (tertiary/aromatic N) is 1. The maximum Gasteiger partial charge on any atom is 0.407 e. The molecule has 0 bridgehead atoms. The lowest BCUT2D eigenvalue weighted by Crippen LogP contribution is -2.38. The van der Waals surface area contributed by atoms with Crippen LogP contribution >= 0.6 is 0 Å². The lowest BCUT2D eigenvalue weighted by atomic mass is 10.0. The van der Waals surface area contributed by atoms with Crippen molar-refractivity contribution in [2.24, 2.45) is 0 Å². The summed E-state index contributed by atoms with van der Waals surface area (Å²) in [6.07, 6.45) is 0.884. The van der Waals surface area contributed by atoms with Gasteiger partial charge in [-0.15, -0.1) is 0 Å². The summed E-state index contributed by atoms with van der Waals surface area (Å²) < 4.78 is 11.4. The Morgan fingerprint density at radius 2 is 1.77 bits per heavy atom. The van der Waals surface area contributed by atoms with Gasteiger partial charge < -0.3 is 24.8 Å². The molecule has 0 unspecified atom stereocenters. The van der Waals surface area contributed by atoms with E-state index in [1.807, 2.05) is 60.7 Å². The van der Waals surface area contributed by atoms with Gasteiger partial charge in [-0.2, -0.15) is 0 Å². The third kappa shape index (κ3) is 4.91. The number of carboxylic acid groups (broad SMARTS) is 1. The summed E-state index contributed by atoms with van der Waals surface area (Å²) in [6, 6.07) is 23.5. The van der Waals surface area contributed by atoms with Crippen molar-refractivity contribution in [1.82, 2.24) is 4.90 Å². The van der Waals surface area contributed by atoms with Crippen LogP contribution in [-0.4, -0.2) is 42.3 Å². The molecule has 1 aliphatic rings. The largest absolute Gasteiger partial charge is 0.497 e. The van der Waals surface area contributed by atoms with Gasteiger partial charge in [0.1, 0.15) is 11.5 Å². The highest BCUT2D eigenvalue weighted by atomic mass is 16.5. The number of hydrogen-bond acceptors (Lipinski definition) is 4. The number of benzene rings is 3. The summed E-state index contributed by atoms with van der Waals surface area (Å²) in [5, 5.41) is 12.8. The summed E-state index contributed by atoms with van der Waals surface area (Å²) in [5.74, 6) is 2.15.